The molecule has 1 N–H and O–H groups in total. The first-order valence-corrected chi connectivity index (χ1v) is 8.84. The highest BCUT2D eigenvalue weighted by atomic mass is 16.4. The second-order valence-corrected chi connectivity index (χ2v) is 7.35. The molecule has 1 fully saturated rings. The number of carboxylic acids is 1. The molecule has 3 nitrogen and oxygen atoms in total. The molecule has 21 heavy (non-hydrogen) atoms. The zero-order valence-corrected chi connectivity index (χ0v) is 14.7. The average Bonchev–Trinajstić information content (AvgIpc) is 2.47. The van der Waals surface area contributed by atoms with E-state index >= 15 is 0 Å². The molecule has 124 valence electrons. The lowest BCUT2D eigenvalue weighted by Crippen LogP contribution is -2.49. The van der Waals surface area contributed by atoms with Gasteiger partial charge in [0.05, 0.1) is 5.92 Å². The van der Waals surface area contributed by atoms with Crippen LogP contribution in [0.15, 0.2) is 0 Å². The highest BCUT2D eigenvalue weighted by Gasteiger charge is 2.41. The Morgan fingerprint density at radius 2 is 1.90 bits per heavy atom. The number of aliphatic carboxylic acids is 1. The third-order valence-corrected chi connectivity index (χ3v) is 5.82. The van der Waals surface area contributed by atoms with Gasteiger partial charge in [0.2, 0.25) is 0 Å². The van der Waals surface area contributed by atoms with Crippen molar-refractivity contribution < 1.29 is 9.90 Å². The van der Waals surface area contributed by atoms with E-state index in [1.54, 1.807) is 0 Å². The van der Waals surface area contributed by atoms with Crippen LogP contribution in [-0.2, 0) is 4.79 Å². The molecule has 0 amide bonds. The lowest BCUT2D eigenvalue weighted by molar-refractivity contribution is -0.147. The van der Waals surface area contributed by atoms with Gasteiger partial charge in [0.15, 0.2) is 0 Å². The van der Waals surface area contributed by atoms with Crippen LogP contribution in [0.1, 0.15) is 73.1 Å². The summed E-state index contributed by atoms with van der Waals surface area (Å²) in [6.45, 7) is 13.3. The van der Waals surface area contributed by atoms with E-state index in [0.29, 0.717) is 11.3 Å². The minimum absolute atomic E-state index is 0.175. The topological polar surface area (TPSA) is 40.5 Å². The summed E-state index contributed by atoms with van der Waals surface area (Å²) in [4.78, 5) is 14.1. The van der Waals surface area contributed by atoms with Gasteiger partial charge in [-0.3, -0.25) is 9.69 Å². The van der Waals surface area contributed by atoms with Gasteiger partial charge in [0.1, 0.15) is 0 Å². The maximum Gasteiger partial charge on any atom is 0.308 e. The van der Waals surface area contributed by atoms with Crippen molar-refractivity contribution in [3.63, 3.8) is 0 Å². The fraction of sp³-hybridized carbons (Fsp3) is 0.944. The third kappa shape index (κ3) is 4.70. The van der Waals surface area contributed by atoms with Crippen molar-refractivity contribution in [3.05, 3.63) is 0 Å². The SMILES string of the molecule is CCCCN(CC)C1CC(C(C)(C)CC)CCC1C(=O)O. The van der Waals surface area contributed by atoms with E-state index in [-0.39, 0.29) is 12.0 Å². The van der Waals surface area contributed by atoms with Gasteiger partial charge in [0, 0.05) is 6.04 Å². The summed E-state index contributed by atoms with van der Waals surface area (Å²) < 4.78 is 0. The molecule has 0 spiro atoms. The smallest absolute Gasteiger partial charge is 0.308 e. The van der Waals surface area contributed by atoms with Crippen LogP contribution in [0.4, 0.5) is 0 Å². The van der Waals surface area contributed by atoms with Crippen molar-refractivity contribution in [1.29, 1.82) is 0 Å². The Bertz CT molecular complexity index is 327. The quantitative estimate of drug-likeness (QED) is 0.721. The van der Waals surface area contributed by atoms with Crippen LogP contribution in [0.5, 0.6) is 0 Å². The molecule has 3 unspecified atom stereocenters. The standard InChI is InChI=1S/C18H35NO2/c1-6-9-12-19(8-3)16-13-14(18(4,5)7-2)10-11-15(16)17(20)21/h14-16H,6-13H2,1-5H3,(H,20,21). The van der Waals surface area contributed by atoms with Gasteiger partial charge in [-0.05, 0) is 50.1 Å². The fourth-order valence-electron chi connectivity index (χ4n) is 3.76. The monoisotopic (exact) mass is 297 g/mol. The first-order chi connectivity index (χ1) is 9.87. The number of hydrogen-bond acceptors (Lipinski definition) is 2. The van der Waals surface area contributed by atoms with E-state index in [0.717, 1.165) is 32.4 Å². The first kappa shape index (κ1) is 18.5. The number of rotatable bonds is 8. The molecule has 0 bridgehead atoms. The van der Waals surface area contributed by atoms with Crippen molar-refractivity contribution in [1.82, 2.24) is 4.90 Å². The van der Waals surface area contributed by atoms with Gasteiger partial charge in [-0.25, -0.2) is 0 Å². The molecule has 0 aromatic carbocycles. The molecule has 3 atom stereocenters. The molecule has 3 heteroatoms. The average molecular weight is 297 g/mol. The van der Waals surface area contributed by atoms with Crippen LogP contribution < -0.4 is 0 Å². The van der Waals surface area contributed by atoms with E-state index in [4.69, 9.17) is 0 Å². The molecular formula is C18H35NO2. The van der Waals surface area contributed by atoms with Crippen LogP contribution in [0.2, 0.25) is 0 Å². The number of carbonyl (C=O) groups is 1. The Labute approximate surface area is 131 Å². The summed E-state index contributed by atoms with van der Waals surface area (Å²) in [5, 5.41) is 9.60. The maximum atomic E-state index is 11.7. The Morgan fingerprint density at radius 1 is 1.24 bits per heavy atom. The highest BCUT2D eigenvalue weighted by molar-refractivity contribution is 5.71. The van der Waals surface area contributed by atoms with Gasteiger partial charge in [0.25, 0.3) is 0 Å². The lowest BCUT2D eigenvalue weighted by atomic mass is 9.65. The molecule has 0 radical (unpaired) electrons. The summed E-state index contributed by atoms with van der Waals surface area (Å²) in [6, 6.07) is 0.226. The largest absolute Gasteiger partial charge is 0.481 e. The normalized spacial score (nSPS) is 27.0. The van der Waals surface area contributed by atoms with E-state index < -0.39 is 5.97 Å². The van der Waals surface area contributed by atoms with Crippen molar-refractivity contribution in [2.45, 2.75) is 79.2 Å². The van der Waals surface area contributed by atoms with Crippen LogP contribution in [-0.4, -0.2) is 35.1 Å². The van der Waals surface area contributed by atoms with E-state index in [9.17, 15) is 9.90 Å². The highest BCUT2D eigenvalue weighted by Crippen LogP contribution is 2.43. The number of hydrogen-bond donors (Lipinski definition) is 1. The summed E-state index contributed by atoms with van der Waals surface area (Å²) in [5.41, 5.74) is 0.325. The second kappa shape index (κ2) is 8.17. The molecular weight excluding hydrogens is 262 g/mol. The number of nitrogens with zero attached hydrogens (tertiary/aromatic N) is 1. The second-order valence-electron chi connectivity index (χ2n) is 7.35. The van der Waals surface area contributed by atoms with Gasteiger partial charge >= 0.3 is 5.97 Å². The van der Waals surface area contributed by atoms with Gasteiger partial charge in [-0.1, -0.05) is 47.5 Å². The molecule has 1 saturated carbocycles. The van der Waals surface area contributed by atoms with Crippen LogP contribution in [0.3, 0.4) is 0 Å². The third-order valence-electron chi connectivity index (χ3n) is 5.82. The zero-order valence-electron chi connectivity index (χ0n) is 14.7. The molecule has 0 aromatic rings. The van der Waals surface area contributed by atoms with E-state index in [1.165, 1.54) is 19.3 Å². The van der Waals surface area contributed by atoms with Crippen molar-refractivity contribution >= 4 is 5.97 Å². The van der Waals surface area contributed by atoms with Gasteiger partial charge in [-0.2, -0.15) is 0 Å². The van der Waals surface area contributed by atoms with Gasteiger partial charge in [-0.15, -0.1) is 0 Å². The fourth-order valence-corrected chi connectivity index (χ4v) is 3.76. The molecule has 0 saturated heterocycles. The first-order valence-electron chi connectivity index (χ1n) is 8.84. The maximum absolute atomic E-state index is 11.7. The molecule has 0 aliphatic heterocycles. The van der Waals surface area contributed by atoms with Crippen LogP contribution >= 0.6 is 0 Å². The van der Waals surface area contributed by atoms with Gasteiger partial charge < -0.3 is 5.11 Å². The van der Waals surface area contributed by atoms with Crippen LogP contribution in [0.25, 0.3) is 0 Å². The minimum atomic E-state index is -0.595. The number of carboxylic acid groups (broad SMARTS) is 1. The van der Waals surface area contributed by atoms with Crippen molar-refractivity contribution in [2.75, 3.05) is 13.1 Å². The summed E-state index contributed by atoms with van der Waals surface area (Å²) in [5.74, 6) is -0.118. The number of unbranched alkanes of at least 4 members (excludes halogenated alkanes) is 1. The lowest BCUT2D eigenvalue weighted by Gasteiger charge is -2.45. The molecule has 1 rings (SSSR count). The Hall–Kier alpha value is -0.570. The summed E-state index contributed by atoms with van der Waals surface area (Å²) in [7, 11) is 0. The minimum Gasteiger partial charge on any atom is -0.481 e. The van der Waals surface area contributed by atoms with Crippen molar-refractivity contribution in [3.8, 4) is 0 Å². The van der Waals surface area contributed by atoms with Crippen LogP contribution in [0, 0.1) is 17.3 Å². The summed E-state index contributed by atoms with van der Waals surface area (Å²) >= 11 is 0. The molecule has 0 aromatic heterocycles. The molecule has 0 heterocycles. The predicted molar refractivity (Wildman–Crippen MR) is 88.5 cm³/mol. The Kier molecular flexibility index (Phi) is 7.19. The van der Waals surface area contributed by atoms with Crippen molar-refractivity contribution in [2.24, 2.45) is 17.3 Å². The molecule has 1 aliphatic rings. The predicted octanol–water partition coefficient (Wildman–Crippen LogP) is 4.41. The Morgan fingerprint density at radius 3 is 2.38 bits per heavy atom. The Balaban J connectivity index is 2.87. The molecule has 1 aliphatic carbocycles. The summed E-state index contributed by atoms with van der Waals surface area (Å²) in [6.07, 6.45) is 6.47. The van der Waals surface area contributed by atoms with E-state index in [1.807, 2.05) is 0 Å². The van der Waals surface area contributed by atoms with E-state index in [2.05, 4.69) is 39.5 Å². The zero-order chi connectivity index (χ0) is 16.0.